The van der Waals surface area contributed by atoms with Crippen LogP contribution in [0.4, 0.5) is 20.3 Å². The number of aromatic nitrogens is 1. The molecule has 1 aliphatic rings. The lowest BCUT2D eigenvalue weighted by Gasteiger charge is -2.27. The van der Waals surface area contributed by atoms with Gasteiger partial charge in [-0.05, 0) is 25.1 Å². The monoisotopic (exact) mass is 306 g/mol. The molecule has 1 aromatic carbocycles. The lowest BCUT2D eigenvalue weighted by Crippen LogP contribution is -2.37. The van der Waals surface area contributed by atoms with Crippen molar-refractivity contribution in [3.63, 3.8) is 0 Å². The summed E-state index contributed by atoms with van der Waals surface area (Å²) in [5.41, 5.74) is 0.498. The first kappa shape index (κ1) is 13.8. The standard InChI is InChI=1S/C14H12F2N4S/c1-2-20(13-5-3-4-6-17-13)14-18-11-7-9(15)10(16)8-12(11)21-19-14/h3-8H,2H2,1H3,(H,18,19). The Morgan fingerprint density at radius 3 is 2.76 bits per heavy atom. The molecule has 0 saturated carbocycles. The van der Waals surface area contributed by atoms with Gasteiger partial charge in [-0.3, -0.25) is 4.90 Å². The molecule has 2 heterocycles. The molecule has 108 valence electrons. The zero-order valence-corrected chi connectivity index (χ0v) is 12.0. The van der Waals surface area contributed by atoms with Crippen LogP contribution in [0.15, 0.2) is 45.8 Å². The van der Waals surface area contributed by atoms with Crippen LogP contribution in [0.3, 0.4) is 0 Å². The van der Waals surface area contributed by atoms with Crippen LogP contribution < -0.4 is 10.2 Å². The lowest BCUT2D eigenvalue weighted by atomic mass is 10.3. The topological polar surface area (TPSA) is 40.5 Å². The van der Waals surface area contributed by atoms with E-state index in [0.717, 1.165) is 29.9 Å². The fraction of sp³-hybridized carbons (Fsp3) is 0.143. The summed E-state index contributed by atoms with van der Waals surface area (Å²) in [6.45, 7) is 2.60. The number of benzene rings is 1. The minimum atomic E-state index is -0.885. The maximum absolute atomic E-state index is 13.3. The average Bonchev–Trinajstić information content (AvgIpc) is 2.50. The summed E-state index contributed by atoms with van der Waals surface area (Å²) < 4.78 is 30.9. The number of pyridine rings is 1. The van der Waals surface area contributed by atoms with Gasteiger partial charge < -0.3 is 5.32 Å². The highest BCUT2D eigenvalue weighted by molar-refractivity contribution is 7.98. The Kier molecular flexibility index (Phi) is 3.74. The number of nitrogens with one attached hydrogen (secondary N) is 1. The van der Waals surface area contributed by atoms with Crippen molar-refractivity contribution in [2.45, 2.75) is 11.8 Å². The molecule has 0 aliphatic carbocycles. The largest absolute Gasteiger partial charge is 0.324 e. The Morgan fingerprint density at radius 1 is 1.24 bits per heavy atom. The summed E-state index contributed by atoms with van der Waals surface area (Å²) in [7, 11) is 0. The van der Waals surface area contributed by atoms with E-state index >= 15 is 0 Å². The first-order chi connectivity index (χ1) is 10.2. The van der Waals surface area contributed by atoms with Crippen LogP contribution in [0.5, 0.6) is 0 Å². The molecular formula is C14H12F2N4S. The van der Waals surface area contributed by atoms with Crippen molar-refractivity contribution in [1.29, 1.82) is 0 Å². The average molecular weight is 306 g/mol. The number of fused-ring (bicyclic) bond motifs is 1. The Labute approximate surface area is 125 Å². The summed E-state index contributed by atoms with van der Waals surface area (Å²) in [6.07, 6.45) is 1.69. The van der Waals surface area contributed by atoms with Crippen molar-refractivity contribution in [3.8, 4) is 0 Å². The minimum Gasteiger partial charge on any atom is -0.324 e. The second-order valence-corrected chi connectivity index (χ2v) is 5.13. The van der Waals surface area contributed by atoms with E-state index < -0.39 is 11.6 Å². The number of hydrogen-bond donors (Lipinski definition) is 1. The molecule has 0 radical (unpaired) electrons. The van der Waals surface area contributed by atoms with Crippen molar-refractivity contribution < 1.29 is 8.78 Å². The van der Waals surface area contributed by atoms with Crippen molar-refractivity contribution in [1.82, 2.24) is 4.98 Å². The van der Waals surface area contributed by atoms with E-state index in [4.69, 9.17) is 0 Å². The normalized spacial score (nSPS) is 13.2. The smallest absolute Gasteiger partial charge is 0.216 e. The lowest BCUT2D eigenvalue weighted by molar-refractivity contribution is 0.506. The van der Waals surface area contributed by atoms with Gasteiger partial charge in [-0.1, -0.05) is 6.07 Å². The van der Waals surface area contributed by atoms with Gasteiger partial charge in [-0.25, -0.2) is 13.8 Å². The van der Waals surface area contributed by atoms with Crippen molar-refractivity contribution in [2.75, 3.05) is 16.8 Å². The molecule has 2 aromatic rings. The molecule has 1 aromatic heterocycles. The third kappa shape index (κ3) is 2.69. The number of guanidine groups is 1. The zero-order chi connectivity index (χ0) is 14.8. The summed E-state index contributed by atoms with van der Waals surface area (Å²) >= 11 is 1.11. The van der Waals surface area contributed by atoms with E-state index in [1.807, 2.05) is 30.0 Å². The number of nitrogens with zero attached hydrogens (tertiary/aromatic N) is 3. The van der Waals surface area contributed by atoms with Gasteiger partial charge in [-0.2, -0.15) is 4.40 Å². The summed E-state index contributed by atoms with van der Waals surface area (Å²) in [6, 6.07) is 7.84. The molecule has 21 heavy (non-hydrogen) atoms. The van der Waals surface area contributed by atoms with E-state index in [2.05, 4.69) is 14.7 Å². The van der Waals surface area contributed by atoms with Gasteiger partial charge in [0, 0.05) is 30.8 Å². The van der Waals surface area contributed by atoms with E-state index in [-0.39, 0.29) is 0 Å². The van der Waals surface area contributed by atoms with Gasteiger partial charge >= 0.3 is 0 Å². The van der Waals surface area contributed by atoms with Crippen LogP contribution in [0.25, 0.3) is 0 Å². The van der Waals surface area contributed by atoms with E-state index in [9.17, 15) is 8.78 Å². The van der Waals surface area contributed by atoms with Crippen LogP contribution in [0.2, 0.25) is 0 Å². The minimum absolute atomic E-state index is 0.498. The molecule has 7 heteroatoms. The second-order valence-electron chi connectivity index (χ2n) is 4.33. The SMILES string of the molecule is CCN(C1=NSc2cc(F)c(F)cc2N1)c1ccccn1. The first-order valence-corrected chi connectivity index (χ1v) is 7.16. The molecule has 0 saturated heterocycles. The Hall–Kier alpha value is -2.15. The van der Waals surface area contributed by atoms with Crippen molar-refractivity contribution >= 4 is 29.4 Å². The fourth-order valence-electron chi connectivity index (χ4n) is 1.99. The zero-order valence-electron chi connectivity index (χ0n) is 11.2. The van der Waals surface area contributed by atoms with E-state index in [1.165, 1.54) is 0 Å². The highest BCUT2D eigenvalue weighted by Crippen LogP contribution is 2.34. The number of rotatable bonds is 2. The second kappa shape index (κ2) is 5.69. The van der Waals surface area contributed by atoms with E-state index in [0.29, 0.717) is 23.1 Å². The predicted octanol–water partition coefficient (Wildman–Crippen LogP) is 3.67. The maximum atomic E-state index is 13.3. The van der Waals surface area contributed by atoms with Gasteiger partial charge in [-0.15, -0.1) is 0 Å². The summed E-state index contributed by atoms with van der Waals surface area (Å²) in [4.78, 5) is 6.68. The molecule has 4 nitrogen and oxygen atoms in total. The number of anilines is 2. The quantitative estimate of drug-likeness (QED) is 0.859. The molecule has 0 spiro atoms. The van der Waals surface area contributed by atoms with Crippen LogP contribution in [-0.4, -0.2) is 17.5 Å². The third-order valence-corrected chi connectivity index (χ3v) is 3.80. The fourth-order valence-corrected chi connectivity index (χ4v) is 2.68. The molecule has 0 amide bonds. The van der Waals surface area contributed by atoms with Crippen molar-refractivity contribution in [3.05, 3.63) is 48.2 Å². The Bertz CT molecular complexity index is 691. The highest BCUT2D eigenvalue weighted by atomic mass is 32.2. The predicted molar refractivity (Wildman–Crippen MR) is 80.5 cm³/mol. The van der Waals surface area contributed by atoms with Gasteiger partial charge in [0.2, 0.25) is 5.96 Å². The molecule has 0 fully saturated rings. The molecule has 1 aliphatic heterocycles. The van der Waals surface area contributed by atoms with Gasteiger partial charge in [0.25, 0.3) is 0 Å². The summed E-state index contributed by atoms with van der Waals surface area (Å²) in [5.74, 6) is -0.486. The van der Waals surface area contributed by atoms with Crippen LogP contribution in [0, 0.1) is 11.6 Å². The first-order valence-electron chi connectivity index (χ1n) is 6.38. The highest BCUT2D eigenvalue weighted by Gasteiger charge is 2.21. The van der Waals surface area contributed by atoms with Crippen LogP contribution in [-0.2, 0) is 0 Å². The molecule has 0 atom stereocenters. The van der Waals surface area contributed by atoms with E-state index in [1.54, 1.807) is 6.20 Å². The summed E-state index contributed by atoms with van der Waals surface area (Å²) in [5, 5.41) is 3.02. The molecular weight excluding hydrogens is 294 g/mol. The third-order valence-electron chi connectivity index (χ3n) is 3.00. The van der Waals surface area contributed by atoms with Gasteiger partial charge in [0.05, 0.1) is 10.6 Å². The van der Waals surface area contributed by atoms with Gasteiger partial charge in [0.1, 0.15) is 5.82 Å². The molecule has 0 bridgehead atoms. The number of halogens is 2. The Morgan fingerprint density at radius 2 is 2.05 bits per heavy atom. The van der Waals surface area contributed by atoms with Crippen molar-refractivity contribution in [2.24, 2.45) is 4.40 Å². The van der Waals surface area contributed by atoms with Crippen LogP contribution >= 0.6 is 11.9 Å². The molecule has 0 unspecified atom stereocenters. The van der Waals surface area contributed by atoms with Crippen LogP contribution in [0.1, 0.15) is 6.92 Å². The molecule has 3 rings (SSSR count). The maximum Gasteiger partial charge on any atom is 0.216 e. The number of hydrogen-bond acceptors (Lipinski definition) is 5. The van der Waals surface area contributed by atoms with Gasteiger partial charge in [0.15, 0.2) is 11.6 Å². The Balaban J connectivity index is 1.91. The molecule has 1 N–H and O–H groups in total.